The highest BCUT2D eigenvalue weighted by Crippen LogP contribution is 2.29. The molecular weight excluding hydrogens is 184 g/mol. The normalized spacial score (nSPS) is 21.9. The first kappa shape index (κ1) is 12.5. The number of nitrogens with zero attached hydrogens (tertiary/aromatic N) is 2. The third-order valence-electron chi connectivity index (χ3n) is 3.45. The van der Waals surface area contributed by atoms with Crippen molar-refractivity contribution in [2.45, 2.75) is 52.4 Å². The Labute approximate surface area is 94.3 Å². The van der Waals surface area contributed by atoms with E-state index in [-0.39, 0.29) is 0 Å². The zero-order chi connectivity index (χ0) is 11.1. The lowest BCUT2D eigenvalue weighted by molar-refractivity contribution is 0.258. The predicted octanol–water partition coefficient (Wildman–Crippen LogP) is 3.19. The molecule has 1 aliphatic rings. The van der Waals surface area contributed by atoms with Gasteiger partial charge in [-0.25, -0.2) is 0 Å². The van der Waals surface area contributed by atoms with Crippen LogP contribution in [0, 0.1) is 16.7 Å². The predicted molar refractivity (Wildman–Crippen MR) is 63.5 cm³/mol. The van der Waals surface area contributed by atoms with Crippen LogP contribution in [-0.2, 0) is 0 Å². The lowest BCUT2D eigenvalue weighted by Gasteiger charge is -2.23. The molecule has 2 heteroatoms. The van der Waals surface area contributed by atoms with Gasteiger partial charge in [0.1, 0.15) is 0 Å². The minimum absolute atomic E-state index is 0.543. The van der Waals surface area contributed by atoms with Gasteiger partial charge in [-0.2, -0.15) is 5.26 Å². The molecule has 0 saturated carbocycles. The maximum atomic E-state index is 8.45. The Kier molecular flexibility index (Phi) is 5.11. The number of hydrogen-bond acceptors (Lipinski definition) is 2. The molecule has 2 nitrogen and oxygen atoms in total. The number of rotatable bonds is 4. The molecule has 15 heavy (non-hydrogen) atoms. The van der Waals surface area contributed by atoms with Crippen LogP contribution in [0.5, 0.6) is 0 Å². The van der Waals surface area contributed by atoms with E-state index in [0.717, 1.165) is 12.8 Å². The Morgan fingerprint density at radius 1 is 1.20 bits per heavy atom. The largest absolute Gasteiger partial charge is 0.303 e. The van der Waals surface area contributed by atoms with Gasteiger partial charge in [-0.15, -0.1) is 0 Å². The second-order valence-corrected chi connectivity index (χ2v) is 5.47. The molecule has 0 spiro atoms. The number of likely N-dealkylation sites (tertiary alicyclic amines) is 1. The summed E-state index contributed by atoms with van der Waals surface area (Å²) in [6, 6.07) is 2.21. The van der Waals surface area contributed by atoms with Gasteiger partial charge in [0.25, 0.3) is 0 Å². The Hall–Kier alpha value is -0.550. The van der Waals surface area contributed by atoms with Gasteiger partial charge in [-0.3, -0.25) is 0 Å². The maximum absolute atomic E-state index is 8.45. The summed E-state index contributed by atoms with van der Waals surface area (Å²) in [6.45, 7) is 8.46. The second-order valence-electron chi connectivity index (χ2n) is 5.47. The van der Waals surface area contributed by atoms with Crippen molar-refractivity contribution in [1.82, 2.24) is 4.90 Å². The molecule has 0 N–H and O–H groups in total. The van der Waals surface area contributed by atoms with E-state index in [9.17, 15) is 0 Å². The summed E-state index contributed by atoms with van der Waals surface area (Å²) in [4.78, 5) is 2.58. The topological polar surface area (TPSA) is 27.0 Å². The minimum Gasteiger partial charge on any atom is -0.303 e. The molecule has 0 atom stereocenters. The third-order valence-corrected chi connectivity index (χ3v) is 3.45. The van der Waals surface area contributed by atoms with Gasteiger partial charge in [0.05, 0.1) is 6.07 Å². The molecule has 0 amide bonds. The molecule has 0 unspecified atom stereocenters. The van der Waals surface area contributed by atoms with Crippen LogP contribution in [0.25, 0.3) is 0 Å². The second kappa shape index (κ2) is 6.12. The fourth-order valence-electron chi connectivity index (χ4n) is 2.24. The summed E-state index contributed by atoms with van der Waals surface area (Å²) in [5, 5.41) is 8.45. The first-order valence-corrected chi connectivity index (χ1v) is 6.23. The van der Waals surface area contributed by atoms with E-state index in [1.54, 1.807) is 0 Å². The van der Waals surface area contributed by atoms with Crippen molar-refractivity contribution in [3.8, 4) is 6.07 Å². The van der Waals surface area contributed by atoms with Crippen LogP contribution in [0.15, 0.2) is 0 Å². The molecule has 1 aliphatic heterocycles. The fourth-order valence-corrected chi connectivity index (χ4v) is 2.24. The summed E-state index contributed by atoms with van der Waals surface area (Å²) < 4.78 is 0. The highest BCUT2D eigenvalue weighted by molar-refractivity contribution is 4.76. The van der Waals surface area contributed by atoms with Crippen LogP contribution < -0.4 is 0 Å². The zero-order valence-electron chi connectivity index (χ0n) is 10.3. The minimum atomic E-state index is 0.543. The van der Waals surface area contributed by atoms with Crippen LogP contribution in [-0.4, -0.2) is 24.5 Å². The maximum Gasteiger partial charge on any atom is 0.0621 e. The Morgan fingerprint density at radius 3 is 2.73 bits per heavy atom. The van der Waals surface area contributed by atoms with Crippen molar-refractivity contribution < 1.29 is 0 Å². The number of hydrogen-bond donors (Lipinski definition) is 0. The Bertz CT molecular complexity index is 215. The molecule has 1 fully saturated rings. The third kappa shape index (κ3) is 5.18. The van der Waals surface area contributed by atoms with E-state index < -0.39 is 0 Å². The van der Waals surface area contributed by atoms with Gasteiger partial charge in [-0.05, 0) is 57.2 Å². The lowest BCUT2D eigenvalue weighted by Crippen LogP contribution is -2.26. The van der Waals surface area contributed by atoms with E-state index in [0.29, 0.717) is 5.41 Å². The van der Waals surface area contributed by atoms with Crippen LogP contribution in [0.4, 0.5) is 0 Å². The van der Waals surface area contributed by atoms with Crippen molar-refractivity contribution >= 4 is 0 Å². The quantitative estimate of drug-likeness (QED) is 0.663. The van der Waals surface area contributed by atoms with Crippen molar-refractivity contribution in [2.24, 2.45) is 5.41 Å². The van der Waals surface area contributed by atoms with E-state index in [1.807, 2.05) is 0 Å². The Balaban J connectivity index is 2.18. The van der Waals surface area contributed by atoms with Crippen LogP contribution in [0.2, 0.25) is 0 Å². The Morgan fingerprint density at radius 2 is 2.00 bits per heavy atom. The summed E-state index contributed by atoms with van der Waals surface area (Å²) >= 11 is 0. The van der Waals surface area contributed by atoms with Crippen LogP contribution >= 0.6 is 0 Å². The van der Waals surface area contributed by atoms with Gasteiger partial charge >= 0.3 is 0 Å². The zero-order valence-corrected chi connectivity index (χ0v) is 10.3. The molecule has 0 aromatic rings. The molecule has 0 radical (unpaired) electrons. The molecule has 0 aromatic carbocycles. The molecular formula is C13H24N2. The highest BCUT2D eigenvalue weighted by Gasteiger charge is 2.22. The number of unbranched alkanes of at least 4 members (excludes halogenated alkanes) is 2. The van der Waals surface area contributed by atoms with Crippen molar-refractivity contribution in [3.63, 3.8) is 0 Å². The van der Waals surface area contributed by atoms with Crippen LogP contribution in [0.3, 0.4) is 0 Å². The molecule has 0 bridgehead atoms. The van der Waals surface area contributed by atoms with Crippen LogP contribution in [0.1, 0.15) is 52.4 Å². The van der Waals surface area contributed by atoms with Gasteiger partial charge in [-0.1, -0.05) is 13.8 Å². The summed E-state index contributed by atoms with van der Waals surface area (Å²) in [5.41, 5.74) is 0.543. The molecule has 0 aromatic heterocycles. The molecule has 1 saturated heterocycles. The van der Waals surface area contributed by atoms with E-state index in [2.05, 4.69) is 24.8 Å². The SMILES string of the molecule is CC1(C)CCCN(CCCCC#N)CC1. The summed E-state index contributed by atoms with van der Waals surface area (Å²) in [7, 11) is 0. The number of nitriles is 1. The standard InChI is InChI=1S/C13H24N2/c1-13(2)7-6-11-15(12-8-13)10-5-3-4-9-14/h3-8,10-12H2,1-2H3. The van der Waals surface area contributed by atoms with E-state index in [4.69, 9.17) is 5.26 Å². The molecule has 0 aliphatic carbocycles. The highest BCUT2D eigenvalue weighted by atomic mass is 15.1. The molecule has 1 rings (SSSR count). The lowest BCUT2D eigenvalue weighted by atomic mass is 9.85. The molecule has 1 heterocycles. The summed E-state index contributed by atoms with van der Waals surface area (Å²) in [6.07, 6.45) is 7.00. The fraction of sp³-hybridized carbons (Fsp3) is 0.923. The molecule has 86 valence electrons. The van der Waals surface area contributed by atoms with E-state index in [1.165, 1.54) is 45.3 Å². The monoisotopic (exact) mass is 208 g/mol. The van der Waals surface area contributed by atoms with Crippen molar-refractivity contribution in [3.05, 3.63) is 0 Å². The van der Waals surface area contributed by atoms with Gasteiger partial charge in [0, 0.05) is 6.42 Å². The average Bonchev–Trinajstić information content (AvgIpc) is 2.35. The first-order valence-electron chi connectivity index (χ1n) is 6.23. The average molecular weight is 208 g/mol. The smallest absolute Gasteiger partial charge is 0.0621 e. The van der Waals surface area contributed by atoms with Gasteiger partial charge in [0.15, 0.2) is 0 Å². The van der Waals surface area contributed by atoms with Crippen molar-refractivity contribution in [1.29, 1.82) is 5.26 Å². The first-order chi connectivity index (χ1) is 7.14. The van der Waals surface area contributed by atoms with Crippen molar-refractivity contribution in [2.75, 3.05) is 19.6 Å². The van der Waals surface area contributed by atoms with E-state index >= 15 is 0 Å². The van der Waals surface area contributed by atoms with Gasteiger partial charge in [0.2, 0.25) is 0 Å². The summed E-state index contributed by atoms with van der Waals surface area (Å²) in [5.74, 6) is 0. The van der Waals surface area contributed by atoms with Gasteiger partial charge < -0.3 is 4.90 Å².